The van der Waals surface area contributed by atoms with E-state index in [1.165, 1.54) is 36.5 Å². The van der Waals surface area contributed by atoms with Gasteiger partial charge in [0.25, 0.3) is 5.91 Å². The summed E-state index contributed by atoms with van der Waals surface area (Å²) >= 11 is 6.86. The molecule has 0 aliphatic carbocycles. The highest BCUT2D eigenvalue weighted by Gasteiger charge is 2.52. The number of amides is 1. The van der Waals surface area contributed by atoms with Crippen molar-refractivity contribution >= 4 is 46.1 Å². The van der Waals surface area contributed by atoms with E-state index < -0.39 is 40.6 Å². The van der Waals surface area contributed by atoms with Crippen LogP contribution in [0, 0.1) is 11.7 Å². The lowest BCUT2D eigenvalue weighted by Gasteiger charge is -2.46. The van der Waals surface area contributed by atoms with Gasteiger partial charge in [-0.15, -0.1) is 0 Å². The molecule has 4 N–H and O–H groups in total. The molecule has 0 bridgehead atoms. The third-order valence-electron chi connectivity index (χ3n) is 5.62. The van der Waals surface area contributed by atoms with E-state index in [4.69, 9.17) is 22.4 Å². The number of aliphatic imine (C=N–C) groups is 1. The number of hydrogen-bond donors (Lipinski definition) is 3. The lowest BCUT2D eigenvalue weighted by molar-refractivity contribution is -0.131. The Balaban J connectivity index is 2.04. The normalized spacial score (nSPS) is 25.0. The van der Waals surface area contributed by atoms with Gasteiger partial charge in [0, 0.05) is 34.2 Å². The largest absolute Gasteiger partial charge is 0.478 e. The standard InChI is InChI=1S/C22H21ClF2N4O3S/c1-12-21(2,8-7-18(30)31)33-20(26)29-22(12,11-24)15-9-14(4-5-16(15)25)28-19(32)17-6-3-13(23)10-27-17/h3-10,12H,11H2,1-2H3,(H2,26,29)(H,28,32)(H,30,31)/b8-7+/t12-,21-,22+/m1/s1. The number of nitrogens with one attached hydrogen (secondary N) is 1. The van der Waals surface area contributed by atoms with Crippen LogP contribution in [0.2, 0.25) is 5.02 Å². The maximum atomic E-state index is 15.0. The van der Waals surface area contributed by atoms with Gasteiger partial charge in [0.1, 0.15) is 23.7 Å². The first kappa shape index (κ1) is 24.7. The van der Waals surface area contributed by atoms with Gasteiger partial charge in [-0.25, -0.2) is 23.6 Å². The van der Waals surface area contributed by atoms with Crippen LogP contribution in [-0.4, -0.2) is 38.6 Å². The molecule has 3 atom stereocenters. The number of halogens is 3. The number of alkyl halides is 1. The monoisotopic (exact) mass is 494 g/mol. The summed E-state index contributed by atoms with van der Waals surface area (Å²) < 4.78 is 28.7. The number of thioether (sulfide) groups is 1. The predicted molar refractivity (Wildman–Crippen MR) is 125 cm³/mol. The molecule has 1 aliphatic rings. The number of hydrogen-bond acceptors (Lipinski definition) is 6. The Morgan fingerprint density at radius 1 is 1.36 bits per heavy atom. The van der Waals surface area contributed by atoms with Crippen LogP contribution in [0.25, 0.3) is 0 Å². The third kappa shape index (κ3) is 5.01. The van der Waals surface area contributed by atoms with Crippen molar-refractivity contribution < 1.29 is 23.5 Å². The van der Waals surface area contributed by atoms with Crippen molar-refractivity contribution in [2.75, 3.05) is 12.0 Å². The number of rotatable bonds is 6. The molecule has 1 aromatic heterocycles. The van der Waals surface area contributed by atoms with Crippen LogP contribution >= 0.6 is 23.4 Å². The molecule has 1 aromatic carbocycles. The minimum absolute atomic E-state index is 0.0116. The number of carboxylic acid groups (broad SMARTS) is 1. The van der Waals surface area contributed by atoms with Gasteiger partial charge in [0.2, 0.25) is 0 Å². The Morgan fingerprint density at radius 2 is 2.09 bits per heavy atom. The van der Waals surface area contributed by atoms with Crippen LogP contribution in [-0.2, 0) is 10.3 Å². The molecule has 7 nitrogen and oxygen atoms in total. The maximum Gasteiger partial charge on any atom is 0.328 e. The van der Waals surface area contributed by atoms with Crippen LogP contribution in [0.15, 0.2) is 53.7 Å². The summed E-state index contributed by atoms with van der Waals surface area (Å²) in [4.78, 5) is 31.8. The fourth-order valence-corrected chi connectivity index (χ4v) is 4.95. The Morgan fingerprint density at radius 3 is 2.70 bits per heavy atom. The SMILES string of the molecule is C[C@@H]1[C@@](C)(/C=C/C(=O)O)SC(N)=N[C@]1(CF)c1cc(NC(=O)c2ccc(Cl)cn2)ccc1F. The summed E-state index contributed by atoms with van der Waals surface area (Å²) in [6.07, 6.45) is 3.65. The first-order chi connectivity index (χ1) is 15.5. The third-order valence-corrected chi connectivity index (χ3v) is 7.08. The Hall–Kier alpha value is -2.98. The second-order valence-electron chi connectivity index (χ2n) is 7.70. The van der Waals surface area contributed by atoms with Gasteiger partial charge in [-0.1, -0.05) is 36.4 Å². The molecule has 3 rings (SSSR count). The summed E-state index contributed by atoms with van der Waals surface area (Å²) in [6.45, 7) is 2.24. The number of carboxylic acids is 1. The van der Waals surface area contributed by atoms with Crippen molar-refractivity contribution in [1.82, 2.24) is 4.98 Å². The van der Waals surface area contributed by atoms with Gasteiger partial charge in [0.05, 0.1) is 5.02 Å². The fourth-order valence-electron chi connectivity index (χ4n) is 3.67. The number of amidine groups is 1. The van der Waals surface area contributed by atoms with E-state index in [0.717, 1.165) is 23.9 Å². The van der Waals surface area contributed by atoms with Crippen molar-refractivity contribution in [3.05, 3.63) is 70.8 Å². The average Bonchev–Trinajstić information content (AvgIpc) is 2.77. The molecule has 0 fully saturated rings. The lowest BCUT2D eigenvalue weighted by Crippen LogP contribution is -2.50. The van der Waals surface area contributed by atoms with Crippen molar-refractivity contribution in [2.45, 2.75) is 24.1 Å². The molecule has 2 heterocycles. The van der Waals surface area contributed by atoms with Crippen LogP contribution in [0.1, 0.15) is 29.9 Å². The molecule has 174 valence electrons. The number of aromatic nitrogens is 1. The van der Waals surface area contributed by atoms with Crippen LogP contribution < -0.4 is 11.1 Å². The molecule has 0 saturated carbocycles. The van der Waals surface area contributed by atoms with Crippen molar-refractivity contribution in [3.8, 4) is 0 Å². The summed E-state index contributed by atoms with van der Waals surface area (Å²) in [6, 6.07) is 6.66. The van der Waals surface area contributed by atoms with Crippen molar-refractivity contribution in [1.29, 1.82) is 0 Å². The highest BCUT2D eigenvalue weighted by atomic mass is 35.5. The number of benzene rings is 1. The van der Waals surface area contributed by atoms with E-state index in [1.807, 2.05) is 0 Å². The van der Waals surface area contributed by atoms with E-state index in [1.54, 1.807) is 13.8 Å². The van der Waals surface area contributed by atoms with E-state index in [-0.39, 0.29) is 22.1 Å². The summed E-state index contributed by atoms with van der Waals surface area (Å²) in [5.74, 6) is -3.19. The van der Waals surface area contributed by atoms with E-state index >= 15 is 4.39 Å². The van der Waals surface area contributed by atoms with E-state index in [0.29, 0.717) is 5.02 Å². The second-order valence-corrected chi connectivity index (χ2v) is 9.64. The second kappa shape index (κ2) is 9.48. The summed E-state index contributed by atoms with van der Waals surface area (Å²) in [5, 5.41) is 12.0. The van der Waals surface area contributed by atoms with Gasteiger partial charge in [-0.2, -0.15) is 0 Å². The Labute approximate surface area is 198 Å². The maximum absolute atomic E-state index is 15.0. The minimum Gasteiger partial charge on any atom is -0.478 e. The molecule has 0 saturated heterocycles. The number of carbonyl (C=O) groups is 2. The molecular formula is C22H21ClF2N4O3S. The molecule has 1 amide bonds. The molecule has 2 aromatic rings. The van der Waals surface area contributed by atoms with Gasteiger partial charge in [-0.3, -0.25) is 4.79 Å². The quantitative estimate of drug-likeness (QED) is 0.513. The number of aliphatic carboxylic acids is 1. The van der Waals surface area contributed by atoms with E-state index in [2.05, 4.69) is 15.3 Å². The van der Waals surface area contributed by atoms with Crippen LogP contribution in [0.3, 0.4) is 0 Å². The van der Waals surface area contributed by atoms with E-state index in [9.17, 15) is 14.0 Å². The number of nitrogens with zero attached hydrogens (tertiary/aromatic N) is 2. The number of carbonyl (C=O) groups excluding carboxylic acids is 1. The molecule has 0 unspecified atom stereocenters. The summed E-state index contributed by atoms with van der Waals surface area (Å²) in [7, 11) is 0. The molecule has 0 spiro atoms. The predicted octanol–water partition coefficient (Wildman–Crippen LogP) is 4.39. The van der Waals surface area contributed by atoms with Gasteiger partial charge in [0.15, 0.2) is 5.17 Å². The first-order valence-electron chi connectivity index (χ1n) is 9.76. The van der Waals surface area contributed by atoms with Gasteiger partial charge >= 0.3 is 5.97 Å². The minimum atomic E-state index is -1.74. The molecule has 11 heteroatoms. The highest BCUT2D eigenvalue weighted by Crippen LogP contribution is 2.51. The van der Waals surface area contributed by atoms with Gasteiger partial charge in [-0.05, 0) is 37.3 Å². The molecular weight excluding hydrogens is 474 g/mol. The zero-order valence-electron chi connectivity index (χ0n) is 17.7. The number of nitrogens with two attached hydrogens (primary N) is 1. The first-order valence-corrected chi connectivity index (χ1v) is 11.0. The molecule has 1 aliphatic heterocycles. The Bertz CT molecular complexity index is 1140. The average molecular weight is 495 g/mol. The smallest absolute Gasteiger partial charge is 0.328 e. The van der Waals surface area contributed by atoms with Crippen LogP contribution in [0.4, 0.5) is 14.5 Å². The van der Waals surface area contributed by atoms with Crippen molar-refractivity contribution in [3.63, 3.8) is 0 Å². The zero-order chi connectivity index (χ0) is 24.4. The van der Waals surface area contributed by atoms with Crippen LogP contribution in [0.5, 0.6) is 0 Å². The lowest BCUT2D eigenvalue weighted by atomic mass is 9.73. The topological polar surface area (TPSA) is 118 Å². The Kier molecular flexibility index (Phi) is 7.08. The highest BCUT2D eigenvalue weighted by molar-refractivity contribution is 8.15. The van der Waals surface area contributed by atoms with Gasteiger partial charge < -0.3 is 16.2 Å². The molecule has 0 radical (unpaired) electrons. The zero-order valence-corrected chi connectivity index (χ0v) is 19.3. The van der Waals surface area contributed by atoms with Crippen molar-refractivity contribution in [2.24, 2.45) is 16.6 Å². The fraction of sp³-hybridized carbons (Fsp3) is 0.273. The number of anilines is 1. The summed E-state index contributed by atoms with van der Waals surface area (Å²) in [5.41, 5.74) is 4.41. The molecule has 33 heavy (non-hydrogen) atoms. The number of pyridine rings is 1.